The molecule has 1 amide bonds. The van der Waals surface area contributed by atoms with E-state index < -0.39 is 21.7 Å². The van der Waals surface area contributed by atoms with Gasteiger partial charge in [-0.1, -0.05) is 18.2 Å². The third kappa shape index (κ3) is 4.69. The first-order valence-corrected chi connectivity index (χ1v) is 8.89. The molecule has 0 aliphatic rings. The number of hydrogen-bond donors (Lipinski definition) is 2. The molecule has 0 radical (unpaired) electrons. The summed E-state index contributed by atoms with van der Waals surface area (Å²) in [5.74, 6) is -1.95. The number of carboxylic acid groups (broad SMARTS) is 1. The highest BCUT2D eigenvalue weighted by molar-refractivity contribution is 7.90. The van der Waals surface area contributed by atoms with Crippen LogP contribution in [0.25, 0.3) is 0 Å². The molecule has 0 fully saturated rings. The molecular weight excluding hydrogens is 334 g/mol. The minimum atomic E-state index is -3.59. The first kappa shape index (κ1) is 17.7. The van der Waals surface area contributed by atoms with E-state index in [1.54, 1.807) is 18.2 Å². The number of benzene rings is 1. The summed E-state index contributed by atoms with van der Waals surface area (Å²) < 4.78 is 29.8. The minimum absolute atomic E-state index is 0.0618. The average Bonchev–Trinajstić information content (AvgIpc) is 2.99. The third-order valence-electron chi connectivity index (χ3n) is 3.25. The average molecular weight is 351 g/mol. The molecule has 0 unspecified atom stereocenters. The number of carboxylic acids is 1. The molecule has 8 heteroatoms. The van der Waals surface area contributed by atoms with Crippen molar-refractivity contribution in [1.29, 1.82) is 0 Å². The van der Waals surface area contributed by atoms with Crippen LogP contribution >= 0.6 is 0 Å². The summed E-state index contributed by atoms with van der Waals surface area (Å²) in [6.07, 6.45) is 1.47. The fraction of sp³-hybridized carbons (Fsp3) is 0.250. The van der Waals surface area contributed by atoms with Crippen LogP contribution in [0.5, 0.6) is 0 Å². The number of rotatable bonds is 8. The Hall–Kier alpha value is -2.61. The predicted molar refractivity (Wildman–Crippen MR) is 85.2 cm³/mol. The van der Waals surface area contributed by atoms with Gasteiger partial charge in [-0.3, -0.25) is 9.59 Å². The lowest BCUT2D eigenvalue weighted by molar-refractivity contribution is -0.137. The van der Waals surface area contributed by atoms with Crippen LogP contribution < -0.4 is 5.32 Å². The van der Waals surface area contributed by atoms with Crippen molar-refractivity contribution in [2.24, 2.45) is 0 Å². The molecule has 2 aromatic rings. The highest BCUT2D eigenvalue weighted by Crippen LogP contribution is 2.19. The van der Waals surface area contributed by atoms with Gasteiger partial charge in [0.15, 0.2) is 15.6 Å². The smallest absolute Gasteiger partial charge is 0.303 e. The molecule has 0 saturated heterocycles. The largest absolute Gasteiger partial charge is 0.481 e. The Bertz CT molecular complexity index is 810. The van der Waals surface area contributed by atoms with E-state index in [2.05, 4.69) is 5.32 Å². The summed E-state index contributed by atoms with van der Waals surface area (Å²) in [7, 11) is -3.59. The molecular formula is C16H17NO6S. The quantitative estimate of drug-likeness (QED) is 0.702. The van der Waals surface area contributed by atoms with Gasteiger partial charge in [0.2, 0.25) is 0 Å². The molecule has 0 atom stereocenters. The van der Waals surface area contributed by atoms with Gasteiger partial charge in [0.25, 0.3) is 5.91 Å². The van der Waals surface area contributed by atoms with Crippen molar-refractivity contribution in [2.75, 3.05) is 6.54 Å². The molecule has 1 heterocycles. The Kier molecular flexibility index (Phi) is 5.75. The molecule has 0 aliphatic carbocycles. The Labute approximate surface area is 139 Å². The second-order valence-corrected chi connectivity index (χ2v) is 7.09. The van der Waals surface area contributed by atoms with E-state index in [1.807, 2.05) is 0 Å². The van der Waals surface area contributed by atoms with Crippen LogP contribution in [0.15, 0.2) is 52.0 Å². The fourth-order valence-corrected chi connectivity index (χ4v) is 3.46. The van der Waals surface area contributed by atoms with Gasteiger partial charge >= 0.3 is 5.97 Å². The Morgan fingerprint density at radius 1 is 1.12 bits per heavy atom. The second kappa shape index (κ2) is 7.78. The van der Waals surface area contributed by atoms with Gasteiger partial charge < -0.3 is 14.8 Å². The van der Waals surface area contributed by atoms with Crippen LogP contribution in [0.3, 0.4) is 0 Å². The Morgan fingerprint density at radius 3 is 2.50 bits per heavy atom. The zero-order valence-corrected chi connectivity index (χ0v) is 13.6. The third-order valence-corrected chi connectivity index (χ3v) is 4.94. The number of nitrogens with one attached hydrogen (secondary N) is 1. The molecule has 0 bridgehead atoms. The van der Waals surface area contributed by atoms with Gasteiger partial charge in [-0.15, -0.1) is 0 Å². The number of amides is 1. The number of aliphatic carboxylic acids is 1. The summed E-state index contributed by atoms with van der Waals surface area (Å²) in [6, 6.07) is 9.37. The van der Waals surface area contributed by atoms with Crippen LogP contribution in [0.1, 0.15) is 29.0 Å². The Balaban J connectivity index is 2.05. The van der Waals surface area contributed by atoms with Crippen molar-refractivity contribution < 1.29 is 27.5 Å². The van der Waals surface area contributed by atoms with E-state index in [0.29, 0.717) is 0 Å². The van der Waals surface area contributed by atoms with Gasteiger partial charge in [0.1, 0.15) is 0 Å². The first-order chi connectivity index (χ1) is 11.4. The maximum absolute atomic E-state index is 12.4. The first-order valence-electron chi connectivity index (χ1n) is 7.24. The van der Waals surface area contributed by atoms with Gasteiger partial charge in [-0.25, -0.2) is 8.42 Å². The molecule has 0 saturated carbocycles. The van der Waals surface area contributed by atoms with Gasteiger partial charge in [0.05, 0.1) is 16.9 Å². The van der Waals surface area contributed by atoms with E-state index >= 15 is 0 Å². The molecule has 1 aromatic carbocycles. The summed E-state index contributed by atoms with van der Waals surface area (Å²) in [5.41, 5.74) is 0.259. The number of sulfone groups is 1. The van der Waals surface area contributed by atoms with Crippen molar-refractivity contribution in [1.82, 2.24) is 5.32 Å². The van der Waals surface area contributed by atoms with Crippen molar-refractivity contribution in [3.8, 4) is 0 Å². The van der Waals surface area contributed by atoms with Crippen LogP contribution in [0.4, 0.5) is 0 Å². The maximum atomic E-state index is 12.4. The summed E-state index contributed by atoms with van der Waals surface area (Å²) in [6.45, 7) is 0.163. The lowest BCUT2D eigenvalue weighted by atomic mass is 10.2. The highest BCUT2D eigenvalue weighted by atomic mass is 32.2. The highest BCUT2D eigenvalue weighted by Gasteiger charge is 2.22. The monoisotopic (exact) mass is 351 g/mol. The number of carbonyl (C=O) groups is 2. The fourth-order valence-electron chi connectivity index (χ4n) is 2.09. The van der Waals surface area contributed by atoms with Crippen molar-refractivity contribution in [3.05, 3.63) is 54.0 Å². The molecule has 0 aliphatic heterocycles. The van der Waals surface area contributed by atoms with Gasteiger partial charge in [-0.2, -0.15) is 0 Å². The molecule has 24 heavy (non-hydrogen) atoms. The lowest BCUT2D eigenvalue weighted by Gasteiger charge is -2.06. The molecule has 0 spiro atoms. The van der Waals surface area contributed by atoms with E-state index in [1.165, 1.54) is 24.5 Å². The number of hydrogen-bond acceptors (Lipinski definition) is 5. The van der Waals surface area contributed by atoms with Crippen LogP contribution in [-0.4, -0.2) is 31.9 Å². The zero-order valence-electron chi connectivity index (χ0n) is 12.8. The van der Waals surface area contributed by atoms with Crippen molar-refractivity contribution >= 4 is 21.7 Å². The Morgan fingerprint density at radius 2 is 1.83 bits per heavy atom. The summed E-state index contributed by atoms with van der Waals surface area (Å²) in [5, 5.41) is 11.1. The minimum Gasteiger partial charge on any atom is -0.481 e. The van der Waals surface area contributed by atoms with Crippen LogP contribution in [0, 0.1) is 0 Å². The molecule has 2 N–H and O–H groups in total. The van der Waals surface area contributed by atoms with E-state index in [4.69, 9.17) is 9.52 Å². The van der Waals surface area contributed by atoms with E-state index in [-0.39, 0.29) is 41.4 Å². The summed E-state index contributed by atoms with van der Waals surface area (Å²) in [4.78, 5) is 22.6. The standard InChI is InChI=1S/C16H17NO6S/c18-14(19)7-4-9-17-16(20)15-12(8-10-23-15)11-24(21,22)13-5-2-1-3-6-13/h1-3,5-6,8,10H,4,7,9,11H2,(H,17,20)(H,18,19). The van der Waals surface area contributed by atoms with Crippen molar-refractivity contribution in [2.45, 2.75) is 23.5 Å². The zero-order chi connectivity index (χ0) is 17.6. The molecule has 128 valence electrons. The second-order valence-electron chi connectivity index (χ2n) is 5.10. The van der Waals surface area contributed by atoms with E-state index in [0.717, 1.165) is 0 Å². The SMILES string of the molecule is O=C(O)CCCNC(=O)c1occc1CS(=O)(=O)c1ccccc1. The summed E-state index contributed by atoms with van der Waals surface area (Å²) >= 11 is 0. The van der Waals surface area contributed by atoms with E-state index in [9.17, 15) is 18.0 Å². The topological polar surface area (TPSA) is 114 Å². The predicted octanol–water partition coefficient (Wildman–Crippen LogP) is 1.85. The van der Waals surface area contributed by atoms with Crippen molar-refractivity contribution in [3.63, 3.8) is 0 Å². The maximum Gasteiger partial charge on any atom is 0.303 e. The molecule has 2 rings (SSSR count). The lowest BCUT2D eigenvalue weighted by Crippen LogP contribution is -2.25. The number of furan rings is 1. The molecule has 7 nitrogen and oxygen atoms in total. The van der Waals surface area contributed by atoms with Crippen LogP contribution in [-0.2, 0) is 20.4 Å². The normalized spacial score (nSPS) is 11.2. The number of carbonyl (C=O) groups excluding carboxylic acids is 1. The van der Waals surface area contributed by atoms with Gasteiger partial charge in [-0.05, 0) is 24.6 Å². The van der Waals surface area contributed by atoms with Crippen LogP contribution in [0.2, 0.25) is 0 Å². The van der Waals surface area contributed by atoms with Gasteiger partial charge in [0, 0.05) is 18.5 Å². The molecule has 1 aromatic heterocycles.